The zero-order valence-corrected chi connectivity index (χ0v) is 21.8. The molecule has 1 aromatic carbocycles. The van der Waals surface area contributed by atoms with Crippen LogP contribution in [0.2, 0.25) is 0 Å². The number of hydrogen-bond acceptors (Lipinski definition) is 4. The molecule has 1 saturated carbocycles. The van der Waals surface area contributed by atoms with Gasteiger partial charge in [0.2, 0.25) is 11.8 Å². The Balaban J connectivity index is 1.36. The number of carbonyl (C=O) groups is 3. The Labute approximate surface area is 218 Å². The number of imidazole rings is 1. The highest BCUT2D eigenvalue weighted by Crippen LogP contribution is 2.31. The average Bonchev–Trinajstić information content (AvgIpc) is 3.57. The fourth-order valence-electron chi connectivity index (χ4n) is 6.08. The van der Waals surface area contributed by atoms with Gasteiger partial charge in [0, 0.05) is 45.6 Å². The van der Waals surface area contributed by atoms with E-state index in [-0.39, 0.29) is 11.8 Å². The molecule has 9 nitrogen and oxygen atoms in total. The highest BCUT2D eigenvalue weighted by Gasteiger charge is 2.39. The first kappa shape index (κ1) is 25.3. The van der Waals surface area contributed by atoms with Gasteiger partial charge in [-0.1, -0.05) is 49.9 Å². The number of aryl methyl sites for hydroxylation is 1. The van der Waals surface area contributed by atoms with Crippen LogP contribution in [0.5, 0.6) is 0 Å². The topological polar surface area (TPSA) is 105 Å². The zero-order chi connectivity index (χ0) is 25.9. The molecule has 198 valence electrons. The van der Waals surface area contributed by atoms with Crippen LogP contribution in [0, 0.1) is 12.8 Å². The number of urea groups is 1. The summed E-state index contributed by atoms with van der Waals surface area (Å²) < 4.78 is 2.13. The Morgan fingerprint density at radius 3 is 2.43 bits per heavy atom. The summed E-state index contributed by atoms with van der Waals surface area (Å²) in [5.41, 5.74) is 9.75. The van der Waals surface area contributed by atoms with Crippen molar-refractivity contribution in [1.29, 1.82) is 0 Å². The minimum Gasteiger partial charge on any atom is -0.351 e. The van der Waals surface area contributed by atoms with Crippen molar-refractivity contribution in [2.45, 2.75) is 71.0 Å². The Hall–Kier alpha value is -3.36. The van der Waals surface area contributed by atoms with Crippen molar-refractivity contribution in [1.82, 2.24) is 24.3 Å². The van der Waals surface area contributed by atoms with Crippen molar-refractivity contribution in [3.05, 3.63) is 53.1 Å². The van der Waals surface area contributed by atoms with Gasteiger partial charge in [-0.15, -0.1) is 0 Å². The van der Waals surface area contributed by atoms with Gasteiger partial charge < -0.3 is 25.0 Å². The predicted octanol–water partition coefficient (Wildman–Crippen LogP) is 2.69. The molecule has 2 fully saturated rings. The van der Waals surface area contributed by atoms with E-state index in [4.69, 9.17) is 5.73 Å². The third-order valence-electron chi connectivity index (χ3n) is 8.47. The number of nitrogens with zero attached hydrogens (tertiary/aromatic N) is 5. The van der Waals surface area contributed by atoms with Gasteiger partial charge in [0.1, 0.15) is 6.04 Å². The fourth-order valence-corrected chi connectivity index (χ4v) is 6.08. The second-order valence-electron chi connectivity index (χ2n) is 10.8. The minimum absolute atomic E-state index is 0.0512. The van der Waals surface area contributed by atoms with Crippen molar-refractivity contribution >= 4 is 17.8 Å². The second kappa shape index (κ2) is 10.9. The smallest absolute Gasteiger partial charge is 0.314 e. The van der Waals surface area contributed by atoms with Crippen molar-refractivity contribution in [3.8, 4) is 0 Å². The molecular weight excluding hydrogens is 468 g/mol. The molecule has 1 atom stereocenters. The van der Waals surface area contributed by atoms with Gasteiger partial charge in [0.25, 0.3) is 0 Å². The molecule has 9 heteroatoms. The lowest BCUT2D eigenvalue weighted by Crippen LogP contribution is -2.58. The Morgan fingerprint density at radius 1 is 1.03 bits per heavy atom. The van der Waals surface area contributed by atoms with Crippen LogP contribution in [-0.2, 0) is 29.1 Å². The number of rotatable bonds is 6. The lowest BCUT2D eigenvalue weighted by atomic mass is 9.97. The number of hydrogen-bond donors (Lipinski definition) is 1. The van der Waals surface area contributed by atoms with Gasteiger partial charge in [0.05, 0.1) is 24.3 Å². The summed E-state index contributed by atoms with van der Waals surface area (Å²) in [5, 5.41) is 0. The lowest BCUT2D eigenvalue weighted by Gasteiger charge is -2.40. The van der Waals surface area contributed by atoms with E-state index in [1.165, 1.54) is 36.8 Å². The first-order valence-electron chi connectivity index (χ1n) is 13.6. The van der Waals surface area contributed by atoms with Crippen LogP contribution < -0.4 is 5.73 Å². The average molecular weight is 507 g/mol. The highest BCUT2D eigenvalue weighted by molar-refractivity contribution is 5.88. The molecule has 3 aliphatic rings. The normalized spacial score (nSPS) is 20.2. The van der Waals surface area contributed by atoms with Crippen LogP contribution in [0.3, 0.4) is 0 Å². The lowest BCUT2D eigenvalue weighted by molar-refractivity contribution is -0.148. The maximum atomic E-state index is 13.7. The maximum Gasteiger partial charge on any atom is 0.314 e. The van der Waals surface area contributed by atoms with Crippen LogP contribution in [0.25, 0.3) is 0 Å². The van der Waals surface area contributed by atoms with Gasteiger partial charge in [-0.05, 0) is 30.4 Å². The molecule has 2 N–H and O–H groups in total. The monoisotopic (exact) mass is 506 g/mol. The van der Waals surface area contributed by atoms with Crippen molar-refractivity contribution in [2.24, 2.45) is 11.7 Å². The Bertz CT molecular complexity index is 1150. The largest absolute Gasteiger partial charge is 0.351 e. The summed E-state index contributed by atoms with van der Waals surface area (Å²) >= 11 is 0. The van der Waals surface area contributed by atoms with E-state index in [2.05, 4.69) is 28.6 Å². The molecule has 2 aliphatic heterocycles. The van der Waals surface area contributed by atoms with Gasteiger partial charge >= 0.3 is 6.03 Å². The Morgan fingerprint density at radius 2 is 1.73 bits per heavy atom. The predicted molar refractivity (Wildman–Crippen MR) is 139 cm³/mol. The van der Waals surface area contributed by atoms with E-state index < -0.39 is 12.1 Å². The van der Waals surface area contributed by atoms with Gasteiger partial charge in [0.15, 0.2) is 0 Å². The zero-order valence-electron chi connectivity index (χ0n) is 21.8. The molecule has 1 unspecified atom stereocenters. The first-order valence-corrected chi connectivity index (χ1v) is 13.6. The molecule has 37 heavy (non-hydrogen) atoms. The highest BCUT2D eigenvalue weighted by atomic mass is 16.2. The molecule has 1 saturated heterocycles. The molecule has 0 radical (unpaired) electrons. The van der Waals surface area contributed by atoms with Crippen LogP contribution in [0.1, 0.15) is 61.0 Å². The third-order valence-corrected chi connectivity index (χ3v) is 8.47. The van der Waals surface area contributed by atoms with Gasteiger partial charge in [-0.3, -0.25) is 9.59 Å². The van der Waals surface area contributed by atoms with Crippen molar-refractivity contribution in [3.63, 3.8) is 0 Å². The number of fused-ring (bicyclic) bond motifs is 1. The number of primary amides is 1. The molecule has 5 rings (SSSR count). The molecule has 0 bridgehead atoms. The summed E-state index contributed by atoms with van der Waals surface area (Å²) in [6.45, 7) is 4.87. The van der Waals surface area contributed by atoms with Gasteiger partial charge in [-0.2, -0.15) is 0 Å². The van der Waals surface area contributed by atoms with Crippen LogP contribution >= 0.6 is 0 Å². The molecular formula is C28H38N6O3. The summed E-state index contributed by atoms with van der Waals surface area (Å²) in [4.78, 5) is 48.7. The Kier molecular flexibility index (Phi) is 7.48. The summed E-state index contributed by atoms with van der Waals surface area (Å²) in [6, 6.07) is 7.27. The standard InChI is InChI=1S/C28H38N6O3/c1-20-6-2-5-9-22(20)17-33-19-30-23-16-24(27(36)31-12-14-32(15-13-31)28(29)37)34(18-25(23)33)26(35)11-10-21-7-3-4-8-21/h2,5-6,9,19,21,24H,3-4,7-8,10-18H2,1H3,(H2,29,37). The van der Waals surface area contributed by atoms with Crippen LogP contribution in [-0.4, -0.2) is 74.3 Å². The third kappa shape index (κ3) is 5.50. The number of aromatic nitrogens is 2. The van der Waals surface area contributed by atoms with Crippen LogP contribution in [0.4, 0.5) is 4.79 Å². The minimum atomic E-state index is -0.564. The van der Waals surface area contributed by atoms with E-state index in [9.17, 15) is 14.4 Å². The van der Waals surface area contributed by atoms with E-state index in [0.717, 1.165) is 17.8 Å². The number of amides is 4. The molecule has 4 amide bonds. The SMILES string of the molecule is Cc1ccccc1Cn1cnc2c1CN(C(=O)CCC1CCCC1)C(C(=O)N1CCN(C(N)=O)CC1)C2. The number of carbonyl (C=O) groups excluding carboxylic acids is 3. The van der Waals surface area contributed by atoms with Gasteiger partial charge in [-0.25, -0.2) is 9.78 Å². The maximum absolute atomic E-state index is 13.7. The second-order valence-corrected chi connectivity index (χ2v) is 10.8. The number of piperazine rings is 1. The summed E-state index contributed by atoms with van der Waals surface area (Å²) in [5.74, 6) is 0.611. The summed E-state index contributed by atoms with van der Waals surface area (Å²) in [6.07, 6.45) is 8.54. The number of benzene rings is 1. The van der Waals surface area contributed by atoms with E-state index in [0.29, 0.717) is 58.0 Å². The quantitative estimate of drug-likeness (QED) is 0.650. The summed E-state index contributed by atoms with van der Waals surface area (Å²) in [7, 11) is 0. The fraction of sp³-hybridized carbons (Fsp3) is 0.571. The molecule has 1 aliphatic carbocycles. The molecule has 2 aromatic rings. The van der Waals surface area contributed by atoms with E-state index in [1.54, 1.807) is 14.7 Å². The van der Waals surface area contributed by atoms with Crippen LogP contribution in [0.15, 0.2) is 30.6 Å². The molecule has 0 spiro atoms. The van der Waals surface area contributed by atoms with E-state index in [1.807, 2.05) is 18.5 Å². The van der Waals surface area contributed by atoms with Crippen molar-refractivity contribution < 1.29 is 14.4 Å². The molecule has 1 aromatic heterocycles. The van der Waals surface area contributed by atoms with E-state index >= 15 is 0 Å². The molecule has 3 heterocycles. The van der Waals surface area contributed by atoms with Crippen molar-refractivity contribution in [2.75, 3.05) is 26.2 Å². The number of nitrogens with two attached hydrogens (primary N) is 1. The first-order chi connectivity index (χ1) is 17.9.